The summed E-state index contributed by atoms with van der Waals surface area (Å²) in [5.41, 5.74) is 0.647. The summed E-state index contributed by atoms with van der Waals surface area (Å²) in [6, 6.07) is 1.55. The fourth-order valence-corrected chi connectivity index (χ4v) is 3.77. The second-order valence-corrected chi connectivity index (χ2v) is 6.71. The first-order valence-corrected chi connectivity index (χ1v) is 8.13. The first-order valence-electron chi connectivity index (χ1n) is 5.70. The van der Waals surface area contributed by atoms with Crippen molar-refractivity contribution in [3.05, 3.63) is 34.2 Å². The number of aromatic nitrogens is 2. The fraction of sp³-hybridized carbons (Fsp3) is 0.273. The molecule has 0 radical (unpaired) electrons. The van der Waals surface area contributed by atoms with E-state index in [0.717, 1.165) is 11.8 Å². The van der Waals surface area contributed by atoms with Crippen molar-refractivity contribution in [3.8, 4) is 0 Å². The molecule has 2 aromatic heterocycles. The van der Waals surface area contributed by atoms with Gasteiger partial charge in [0, 0.05) is 6.04 Å². The maximum Gasteiger partial charge on any atom is 0.340 e. The summed E-state index contributed by atoms with van der Waals surface area (Å²) in [6.45, 7) is 1.71. The van der Waals surface area contributed by atoms with Crippen molar-refractivity contribution >= 4 is 27.3 Å². The summed E-state index contributed by atoms with van der Waals surface area (Å²) in [5.74, 6) is -1.34. The number of nitrogens with zero attached hydrogens (tertiary/aromatic N) is 1. The summed E-state index contributed by atoms with van der Waals surface area (Å²) in [6.07, 6.45) is 1.50. The second kappa shape index (κ2) is 5.73. The van der Waals surface area contributed by atoms with Crippen LogP contribution in [0.5, 0.6) is 0 Å². The minimum absolute atomic E-state index is 0.362. The molecule has 1 unspecified atom stereocenters. The van der Waals surface area contributed by atoms with E-state index in [1.54, 1.807) is 6.92 Å². The number of H-pyrrole nitrogens is 1. The zero-order valence-corrected chi connectivity index (χ0v) is 12.2. The monoisotopic (exact) mass is 315 g/mol. The third kappa shape index (κ3) is 3.24. The number of hydrogen-bond donors (Lipinski definition) is 3. The van der Waals surface area contributed by atoms with E-state index < -0.39 is 21.0 Å². The van der Waals surface area contributed by atoms with Crippen molar-refractivity contribution in [2.45, 2.75) is 24.4 Å². The number of aromatic carboxylic acids is 1. The Balaban J connectivity index is 2.14. The van der Waals surface area contributed by atoms with Gasteiger partial charge in [0.15, 0.2) is 5.03 Å². The van der Waals surface area contributed by atoms with Crippen LogP contribution in [-0.2, 0) is 16.4 Å². The maximum absolute atomic E-state index is 12.1. The lowest BCUT2D eigenvalue weighted by Gasteiger charge is -2.12. The maximum atomic E-state index is 12.1. The molecule has 2 heterocycles. The molecule has 0 aliphatic carbocycles. The highest BCUT2D eigenvalue weighted by Crippen LogP contribution is 2.14. The van der Waals surface area contributed by atoms with Crippen LogP contribution in [-0.4, -0.2) is 35.7 Å². The minimum atomic E-state index is -3.94. The van der Waals surface area contributed by atoms with Gasteiger partial charge in [-0.05, 0) is 35.7 Å². The molecule has 0 saturated carbocycles. The Kier molecular flexibility index (Phi) is 4.21. The van der Waals surface area contributed by atoms with Gasteiger partial charge in [-0.15, -0.1) is 0 Å². The minimum Gasteiger partial charge on any atom is -0.478 e. The zero-order chi connectivity index (χ0) is 14.8. The van der Waals surface area contributed by atoms with Crippen molar-refractivity contribution in [2.24, 2.45) is 0 Å². The number of carboxylic acid groups (broad SMARTS) is 1. The number of hydrogen-bond acceptors (Lipinski definition) is 5. The lowest BCUT2D eigenvalue weighted by molar-refractivity contribution is 0.0692. The molecule has 2 rings (SSSR count). The molecule has 0 aromatic carbocycles. The number of aromatic amines is 1. The van der Waals surface area contributed by atoms with Gasteiger partial charge in [0.25, 0.3) is 10.0 Å². The van der Waals surface area contributed by atoms with E-state index in [9.17, 15) is 13.2 Å². The van der Waals surface area contributed by atoms with Crippen LogP contribution in [0.3, 0.4) is 0 Å². The van der Waals surface area contributed by atoms with E-state index in [1.165, 1.54) is 11.3 Å². The van der Waals surface area contributed by atoms with Crippen molar-refractivity contribution in [1.29, 1.82) is 0 Å². The first-order chi connectivity index (χ1) is 9.40. The lowest BCUT2D eigenvalue weighted by atomic mass is 10.1. The normalized spacial score (nSPS) is 13.2. The largest absolute Gasteiger partial charge is 0.478 e. The molecule has 9 heteroatoms. The molecule has 0 fully saturated rings. The van der Waals surface area contributed by atoms with Crippen molar-refractivity contribution < 1.29 is 18.3 Å². The molecule has 0 saturated heterocycles. The Morgan fingerprint density at radius 2 is 2.35 bits per heavy atom. The van der Waals surface area contributed by atoms with Gasteiger partial charge < -0.3 is 5.11 Å². The topological polar surface area (TPSA) is 112 Å². The fourth-order valence-electron chi connectivity index (χ4n) is 1.76. The Hall–Kier alpha value is -1.71. The van der Waals surface area contributed by atoms with E-state index in [0.29, 0.717) is 6.42 Å². The summed E-state index contributed by atoms with van der Waals surface area (Å²) < 4.78 is 26.7. The summed E-state index contributed by atoms with van der Waals surface area (Å²) in [5, 5.41) is 18.0. The number of sulfonamides is 1. The van der Waals surface area contributed by atoms with Crippen LogP contribution >= 0.6 is 11.3 Å². The predicted molar refractivity (Wildman–Crippen MR) is 73.4 cm³/mol. The van der Waals surface area contributed by atoms with Gasteiger partial charge in [-0.3, -0.25) is 5.10 Å². The summed E-state index contributed by atoms with van der Waals surface area (Å²) in [4.78, 5) is 10.9. The molecule has 7 nitrogen and oxygen atoms in total. The Morgan fingerprint density at radius 1 is 1.60 bits per heavy atom. The molecule has 3 N–H and O–H groups in total. The van der Waals surface area contributed by atoms with Crippen molar-refractivity contribution in [3.63, 3.8) is 0 Å². The van der Waals surface area contributed by atoms with Crippen LogP contribution in [0.15, 0.2) is 28.0 Å². The Bertz CT molecular complexity index is 691. The van der Waals surface area contributed by atoms with Gasteiger partial charge in [0.2, 0.25) is 0 Å². The van der Waals surface area contributed by atoms with Crippen LogP contribution < -0.4 is 4.72 Å². The molecule has 0 amide bonds. The third-order valence-corrected chi connectivity index (χ3v) is 4.88. The van der Waals surface area contributed by atoms with E-state index in [4.69, 9.17) is 5.11 Å². The van der Waals surface area contributed by atoms with E-state index in [1.807, 2.05) is 16.8 Å². The molecule has 108 valence electrons. The quantitative estimate of drug-likeness (QED) is 0.738. The Morgan fingerprint density at radius 3 is 2.95 bits per heavy atom. The van der Waals surface area contributed by atoms with Crippen molar-refractivity contribution in [1.82, 2.24) is 14.9 Å². The SMILES string of the molecule is CC(Cc1ccsc1)NS(=O)(=O)c1[nH]ncc1C(=O)O. The van der Waals surface area contributed by atoms with Gasteiger partial charge in [-0.1, -0.05) is 0 Å². The molecule has 1 atom stereocenters. The van der Waals surface area contributed by atoms with E-state index in [-0.39, 0.29) is 11.6 Å². The first kappa shape index (κ1) is 14.7. The van der Waals surface area contributed by atoms with Crippen LogP contribution in [0.2, 0.25) is 0 Å². The van der Waals surface area contributed by atoms with E-state index in [2.05, 4.69) is 14.9 Å². The summed E-state index contributed by atoms with van der Waals surface area (Å²) in [7, 11) is -3.94. The van der Waals surface area contributed by atoms with Crippen molar-refractivity contribution in [2.75, 3.05) is 0 Å². The lowest BCUT2D eigenvalue weighted by Crippen LogP contribution is -2.35. The Labute approximate surface area is 119 Å². The standard InChI is InChI=1S/C11H13N3O4S2/c1-7(4-8-2-3-19-6-8)14-20(17,18)10-9(11(15)16)5-12-13-10/h2-3,5-7,14H,4H2,1H3,(H,12,13)(H,15,16). The van der Waals surface area contributed by atoms with E-state index >= 15 is 0 Å². The van der Waals surface area contributed by atoms with Gasteiger partial charge in [0.1, 0.15) is 5.56 Å². The third-order valence-electron chi connectivity index (χ3n) is 2.58. The predicted octanol–water partition coefficient (Wildman–Crippen LogP) is 1.08. The molecule has 0 aliphatic rings. The van der Waals surface area contributed by atoms with Gasteiger partial charge in [-0.25, -0.2) is 17.9 Å². The average Bonchev–Trinajstić information content (AvgIpc) is 2.97. The molecule has 0 aliphatic heterocycles. The molecule has 2 aromatic rings. The highest BCUT2D eigenvalue weighted by Gasteiger charge is 2.26. The number of thiophene rings is 1. The molecular weight excluding hydrogens is 302 g/mol. The van der Waals surface area contributed by atoms with Gasteiger partial charge in [0.05, 0.1) is 6.20 Å². The molecule has 0 spiro atoms. The van der Waals surface area contributed by atoms with Crippen LogP contribution in [0, 0.1) is 0 Å². The van der Waals surface area contributed by atoms with Gasteiger partial charge in [-0.2, -0.15) is 16.4 Å². The second-order valence-electron chi connectivity index (χ2n) is 4.28. The summed E-state index contributed by atoms with van der Waals surface area (Å²) >= 11 is 1.53. The van der Waals surface area contributed by atoms with Crippen LogP contribution in [0.4, 0.5) is 0 Å². The average molecular weight is 315 g/mol. The number of rotatable bonds is 6. The number of carbonyl (C=O) groups is 1. The zero-order valence-electron chi connectivity index (χ0n) is 10.5. The molecule has 20 heavy (non-hydrogen) atoms. The highest BCUT2D eigenvalue weighted by molar-refractivity contribution is 7.89. The van der Waals surface area contributed by atoms with Crippen LogP contribution in [0.25, 0.3) is 0 Å². The van der Waals surface area contributed by atoms with Crippen LogP contribution in [0.1, 0.15) is 22.8 Å². The highest BCUT2D eigenvalue weighted by atomic mass is 32.2. The number of carboxylic acids is 1. The number of nitrogens with one attached hydrogen (secondary N) is 2. The smallest absolute Gasteiger partial charge is 0.340 e. The molecular formula is C11H13N3O4S2. The van der Waals surface area contributed by atoms with Gasteiger partial charge >= 0.3 is 5.97 Å². The molecule has 0 bridgehead atoms.